The van der Waals surface area contributed by atoms with Gasteiger partial charge in [0.25, 0.3) is 0 Å². The topological polar surface area (TPSA) is 56.6 Å². The predicted octanol–water partition coefficient (Wildman–Crippen LogP) is 1.89. The molecule has 0 aliphatic heterocycles. The van der Waals surface area contributed by atoms with Gasteiger partial charge in [0.2, 0.25) is 0 Å². The van der Waals surface area contributed by atoms with Crippen molar-refractivity contribution in [3.05, 3.63) is 24.0 Å². The number of aromatic nitrogens is 1. The zero-order chi connectivity index (χ0) is 14.5. The van der Waals surface area contributed by atoms with Crippen molar-refractivity contribution in [2.45, 2.75) is 25.6 Å². The smallest absolute Gasteiger partial charge is 0.395 e. The molecule has 1 aromatic heterocycles. The van der Waals surface area contributed by atoms with E-state index in [9.17, 15) is 18.3 Å². The number of hydrogen-bond donors (Lipinski definition) is 2. The predicted molar refractivity (Wildman–Crippen MR) is 64.8 cm³/mol. The number of nitrogens with zero attached hydrogens (tertiary/aromatic N) is 2. The summed E-state index contributed by atoms with van der Waals surface area (Å²) < 4.78 is 37.2. The summed E-state index contributed by atoms with van der Waals surface area (Å²) in [6.07, 6.45) is -3.32. The molecular formula is C12H17F3N2O2. The van der Waals surface area contributed by atoms with Crippen molar-refractivity contribution in [3.8, 4) is 0 Å². The molecule has 0 saturated carbocycles. The Morgan fingerprint density at radius 1 is 1.37 bits per heavy atom. The van der Waals surface area contributed by atoms with Crippen molar-refractivity contribution in [2.24, 2.45) is 0 Å². The molecule has 1 rings (SSSR count). The van der Waals surface area contributed by atoms with Gasteiger partial charge in [-0.15, -0.1) is 0 Å². The van der Waals surface area contributed by atoms with Gasteiger partial charge in [0, 0.05) is 6.54 Å². The van der Waals surface area contributed by atoms with Crippen LogP contribution in [0.25, 0.3) is 0 Å². The van der Waals surface area contributed by atoms with Crippen LogP contribution in [0.15, 0.2) is 18.3 Å². The minimum atomic E-state index is -4.35. The van der Waals surface area contributed by atoms with Crippen LogP contribution in [-0.4, -0.2) is 41.1 Å². The molecule has 0 aliphatic rings. The number of anilines is 1. The van der Waals surface area contributed by atoms with Crippen molar-refractivity contribution >= 4 is 5.69 Å². The largest absolute Gasteiger partial charge is 0.405 e. The second-order valence-corrected chi connectivity index (χ2v) is 4.13. The van der Waals surface area contributed by atoms with E-state index in [1.165, 1.54) is 18.3 Å². The molecule has 2 N–H and O–H groups in total. The molecule has 7 heteroatoms. The highest BCUT2D eigenvalue weighted by molar-refractivity contribution is 5.45. The van der Waals surface area contributed by atoms with Gasteiger partial charge in [-0.1, -0.05) is 6.92 Å². The van der Waals surface area contributed by atoms with Crippen LogP contribution in [0.4, 0.5) is 18.9 Å². The van der Waals surface area contributed by atoms with Gasteiger partial charge in [-0.2, -0.15) is 13.2 Å². The third-order valence-electron chi connectivity index (χ3n) is 2.60. The van der Waals surface area contributed by atoms with Crippen LogP contribution in [-0.2, 0) is 0 Å². The fourth-order valence-electron chi connectivity index (χ4n) is 1.63. The molecule has 0 radical (unpaired) electrons. The standard InChI is InChI=1S/C12H17F3N2O2/c1-2-11(19)10-4-3-9(7-16-10)17(5-6-18)8-12(13,14)15/h3-4,7,11,18-19H,2,5-6,8H2,1H3/t11-/m1/s1. The van der Waals surface area contributed by atoms with Gasteiger partial charge in [0.1, 0.15) is 6.54 Å². The van der Waals surface area contributed by atoms with E-state index in [1.807, 2.05) is 0 Å². The number of pyridine rings is 1. The van der Waals surface area contributed by atoms with Gasteiger partial charge >= 0.3 is 6.18 Å². The summed E-state index contributed by atoms with van der Waals surface area (Å²) >= 11 is 0. The van der Waals surface area contributed by atoms with Gasteiger partial charge in [0.05, 0.1) is 30.3 Å². The van der Waals surface area contributed by atoms with Crippen LogP contribution >= 0.6 is 0 Å². The molecule has 1 heterocycles. The molecule has 1 atom stereocenters. The molecule has 0 amide bonds. The summed E-state index contributed by atoms with van der Waals surface area (Å²) in [4.78, 5) is 4.94. The maximum atomic E-state index is 12.4. The average molecular weight is 278 g/mol. The number of alkyl halides is 3. The van der Waals surface area contributed by atoms with Crippen molar-refractivity contribution in [1.29, 1.82) is 0 Å². The Balaban J connectivity index is 2.85. The Labute approximate surface area is 109 Å². The van der Waals surface area contributed by atoms with E-state index in [1.54, 1.807) is 6.92 Å². The Bertz CT molecular complexity index is 382. The van der Waals surface area contributed by atoms with E-state index in [0.29, 0.717) is 12.1 Å². The van der Waals surface area contributed by atoms with E-state index >= 15 is 0 Å². The van der Waals surface area contributed by atoms with E-state index in [0.717, 1.165) is 4.90 Å². The highest BCUT2D eigenvalue weighted by Crippen LogP contribution is 2.23. The second kappa shape index (κ2) is 6.72. The van der Waals surface area contributed by atoms with Crippen LogP contribution in [0.1, 0.15) is 25.1 Å². The maximum absolute atomic E-state index is 12.4. The number of aliphatic hydroxyl groups is 2. The van der Waals surface area contributed by atoms with Crippen LogP contribution in [0.2, 0.25) is 0 Å². The van der Waals surface area contributed by atoms with Gasteiger partial charge < -0.3 is 15.1 Å². The van der Waals surface area contributed by atoms with Crippen LogP contribution in [0.3, 0.4) is 0 Å². The van der Waals surface area contributed by atoms with Crippen LogP contribution in [0.5, 0.6) is 0 Å². The summed E-state index contributed by atoms with van der Waals surface area (Å²) in [5.41, 5.74) is 0.681. The van der Waals surface area contributed by atoms with Crippen molar-refractivity contribution in [1.82, 2.24) is 4.98 Å². The second-order valence-electron chi connectivity index (χ2n) is 4.13. The summed E-state index contributed by atoms with van der Waals surface area (Å²) in [6, 6.07) is 2.95. The number of rotatable bonds is 6. The molecule has 0 unspecified atom stereocenters. The summed E-state index contributed by atoms with van der Waals surface area (Å²) in [5.74, 6) is 0. The molecule has 0 bridgehead atoms. The normalized spacial score (nSPS) is 13.4. The first-order valence-electron chi connectivity index (χ1n) is 5.94. The number of halogens is 3. The quantitative estimate of drug-likeness (QED) is 0.834. The average Bonchev–Trinajstić information content (AvgIpc) is 2.36. The van der Waals surface area contributed by atoms with Crippen LogP contribution in [0, 0.1) is 0 Å². The van der Waals surface area contributed by atoms with E-state index in [-0.39, 0.29) is 18.8 Å². The molecule has 0 spiro atoms. The molecule has 0 aromatic carbocycles. The highest BCUT2D eigenvalue weighted by atomic mass is 19.4. The lowest BCUT2D eigenvalue weighted by atomic mass is 10.2. The monoisotopic (exact) mass is 278 g/mol. The van der Waals surface area contributed by atoms with Crippen molar-refractivity contribution in [2.75, 3.05) is 24.6 Å². The Kier molecular flexibility index (Phi) is 5.56. The number of hydrogen-bond acceptors (Lipinski definition) is 4. The lowest BCUT2D eigenvalue weighted by Gasteiger charge is -2.25. The SMILES string of the molecule is CC[C@@H](O)c1ccc(N(CCO)CC(F)(F)F)cn1. The van der Waals surface area contributed by atoms with E-state index < -0.39 is 18.8 Å². The Hall–Kier alpha value is -1.34. The van der Waals surface area contributed by atoms with Gasteiger partial charge in [0.15, 0.2) is 0 Å². The molecular weight excluding hydrogens is 261 g/mol. The molecule has 0 aliphatic carbocycles. The summed E-state index contributed by atoms with van der Waals surface area (Å²) in [7, 11) is 0. The minimum absolute atomic E-state index is 0.128. The lowest BCUT2D eigenvalue weighted by Crippen LogP contribution is -2.36. The molecule has 1 aromatic rings. The molecule has 108 valence electrons. The Morgan fingerprint density at radius 2 is 2.05 bits per heavy atom. The third-order valence-corrected chi connectivity index (χ3v) is 2.60. The first-order valence-corrected chi connectivity index (χ1v) is 5.94. The van der Waals surface area contributed by atoms with Crippen molar-refractivity contribution < 1.29 is 23.4 Å². The first kappa shape index (κ1) is 15.7. The summed E-state index contributed by atoms with van der Waals surface area (Å²) in [6.45, 7) is 0.124. The first-order chi connectivity index (χ1) is 8.87. The molecule has 0 fully saturated rings. The highest BCUT2D eigenvalue weighted by Gasteiger charge is 2.30. The van der Waals surface area contributed by atoms with Gasteiger partial charge in [-0.25, -0.2) is 0 Å². The van der Waals surface area contributed by atoms with E-state index in [2.05, 4.69) is 4.98 Å². The molecule has 4 nitrogen and oxygen atoms in total. The van der Waals surface area contributed by atoms with Gasteiger partial charge in [-0.05, 0) is 18.6 Å². The fourth-order valence-corrected chi connectivity index (χ4v) is 1.63. The van der Waals surface area contributed by atoms with E-state index in [4.69, 9.17) is 5.11 Å². The molecule has 0 saturated heterocycles. The molecule has 19 heavy (non-hydrogen) atoms. The number of aliphatic hydroxyl groups excluding tert-OH is 2. The zero-order valence-electron chi connectivity index (χ0n) is 10.6. The summed E-state index contributed by atoms with van der Waals surface area (Å²) in [5, 5.41) is 18.4. The fraction of sp³-hybridized carbons (Fsp3) is 0.583. The van der Waals surface area contributed by atoms with Crippen LogP contribution < -0.4 is 4.90 Å². The lowest BCUT2D eigenvalue weighted by molar-refractivity contribution is -0.119. The Morgan fingerprint density at radius 3 is 2.47 bits per heavy atom. The maximum Gasteiger partial charge on any atom is 0.405 e. The van der Waals surface area contributed by atoms with Gasteiger partial charge in [-0.3, -0.25) is 4.98 Å². The third kappa shape index (κ3) is 5.04. The van der Waals surface area contributed by atoms with Crippen molar-refractivity contribution in [3.63, 3.8) is 0 Å². The zero-order valence-corrected chi connectivity index (χ0v) is 10.6. The minimum Gasteiger partial charge on any atom is -0.395 e.